The highest BCUT2D eigenvalue weighted by Crippen LogP contribution is 2.21. The van der Waals surface area contributed by atoms with Crippen LogP contribution in [0.2, 0.25) is 0 Å². The van der Waals surface area contributed by atoms with Crippen LogP contribution in [0.1, 0.15) is 31.2 Å². The lowest BCUT2D eigenvalue weighted by atomic mass is 10.2. The van der Waals surface area contributed by atoms with Gasteiger partial charge < -0.3 is 10.2 Å². The summed E-state index contributed by atoms with van der Waals surface area (Å²) in [5, 5.41) is 6.64. The summed E-state index contributed by atoms with van der Waals surface area (Å²) in [5.41, 5.74) is 0. The Morgan fingerprint density at radius 2 is 2.44 bits per heavy atom. The first-order valence-corrected chi connectivity index (χ1v) is 8.83. The SMILES string of the molecule is CCC1CN(CCNC(C)c2cccs2)CCS1. The van der Waals surface area contributed by atoms with E-state index in [2.05, 4.69) is 53.3 Å². The number of nitrogens with zero attached hydrogens (tertiary/aromatic N) is 1. The molecule has 1 saturated heterocycles. The second kappa shape index (κ2) is 7.53. The van der Waals surface area contributed by atoms with Gasteiger partial charge in [-0.1, -0.05) is 13.0 Å². The Morgan fingerprint density at radius 1 is 1.56 bits per heavy atom. The van der Waals surface area contributed by atoms with Crippen LogP contribution in [-0.4, -0.2) is 42.1 Å². The molecule has 1 aromatic rings. The molecule has 2 unspecified atom stereocenters. The van der Waals surface area contributed by atoms with Gasteiger partial charge in [-0.2, -0.15) is 11.8 Å². The number of nitrogens with one attached hydrogen (secondary N) is 1. The minimum Gasteiger partial charge on any atom is -0.308 e. The van der Waals surface area contributed by atoms with Crippen LogP contribution >= 0.6 is 23.1 Å². The first-order chi connectivity index (χ1) is 8.79. The monoisotopic (exact) mass is 284 g/mol. The molecule has 0 aliphatic carbocycles. The highest BCUT2D eigenvalue weighted by atomic mass is 32.2. The Labute approximate surface area is 119 Å². The summed E-state index contributed by atoms with van der Waals surface area (Å²) in [7, 11) is 0. The molecule has 18 heavy (non-hydrogen) atoms. The van der Waals surface area contributed by atoms with Crippen LogP contribution in [0, 0.1) is 0 Å². The normalized spacial score (nSPS) is 23.1. The van der Waals surface area contributed by atoms with Crippen LogP contribution in [0.25, 0.3) is 0 Å². The Balaban J connectivity index is 1.66. The molecule has 1 N–H and O–H groups in total. The van der Waals surface area contributed by atoms with Gasteiger partial charge in [-0.15, -0.1) is 11.3 Å². The molecule has 1 aliphatic rings. The molecule has 2 nitrogen and oxygen atoms in total. The van der Waals surface area contributed by atoms with Crippen molar-refractivity contribution in [1.82, 2.24) is 10.2 Å². The van der Waals surface area contributed by atoms with E-state index in [9.17, 15) is 0 Å². The average Bonchev–Trinajstić information content (AvgIpc) is 2.93. The zero-order valence-corrected chi connectivity index (χ0v) is 13.0. The molecule has 1 fully saturated rings. The van der Waals surface area contributed by atoms with Crippen molar-refractivity contribution in [2.75, 3.05) is 31.9 Å². The van der Waals surface area contributed by atoms with E-state index in [1.807, 2.05) is 11.3 Å². The van der Waals surface area contributed by atoms with Crippen molar-refractivity contribution >= 4 is 23.1 Å². The molecule has 0 bridgehead atoms. The minimum atomic E-state index is 0.492. The van der Waals surface area contributed by atoms with Crippen LogP contribution in [0.15, 0.2) is 17.5 Å². The summed E-state index contributed by atoms with van der Waals surface area (Å²) in [5.74, 6) is 1.30. The van der Waals surface area contributed by atoms with Gasteiger partial charge >= 0.3 is 0 Å². The molecule has 0 spiro atoms. The molecule has 4 heteroatoms. The Kier molecular flexibility index (Phi) is 6.02. The van der Waals surface area contributed by atoms with Crippen molar-refractivity contribution in [2.45, 2.75) is 31.6 Å². The summed E-state index contributed by atoms with van der Waals surface area (Å²) in [4.78, 5) is 4.05. The Hall–Kier alpha value is -0.0300. The molecule has 0 amide bonds. The van der Waals surface area contributed by atoms with E-state index in [1.54, 1.807) is 0 Å². The van der Waals surface area contributed by atoms with Gasteiger partial charge in [0.25, 0.3) is 0 Å². The third-order valence-corrected chi connectivity index (χ3v) is 5.95. The zero-order valence-electron chi connectivity index (χ0n) is 11.4. The van der Waals surface area contributed by atoms with Crippen molar-refractivity contribution < 1.29 is 0 Å². The summed E-state index contributed by atoms with van der Waals surface area (Å²) in [6.45, 7) is 9.38. The Morgan fingerprint density at radius 3 is 3.17 bits per heavy atom. The molecule has 0 saturated carbocycles. The van der Waals surface area contributed by atoms with Crippen LogP contribution in [0.3, 0.4) is 0 Å². The first kappa shape index (κ1) is 14.4. The third-order valence-electron chi connectivity index (χ3n) is 3.53. The fraction of sp³-hybridized carbons (Fsp3) is 0.714. The minimum absolute atomic E-state index is 0.492. The maximum Gasteiger partial charge on any atom is 0.0386 e. The lowest BCUT2D eigenvalue weighted by molar-refractivity contribution is 0.277. The summed E-state index contributed by atoms with van der Waals surface area (Å²) < 4.78 is 0. The molecule has 0 radical (unpaired) electrons. The lowest BCUT2D eigenvalue weighted by Crippen LogP contribution is -2.41. The number of hydrogen-bond donors (Lipinski definition) is 1. The topological polar surface area (TPSA) is 15.3 Å². The van der Waals surface area contributed by atoms with E-state index in [0.29, 0.717) is 6.04 Å². The Bertz CT molecular complexity index is 327. The van der Waals surface area contributed by atoms with Crippen molar-refractivity contribution in [3.05, 3.63) is 22.4 Å². The van der Waals surface area contributed by atoms with Crippen LogP contribution in [0.5, 0.6) is 0 Å². The second-order valence-electron chi connectivity index (χ2n) is 4.89. The van der Waals surface area contributed by atoms with Crippen LogP contribution < -0.4 is 5.32 Å². The number of hydrogen-bond acceptors (Lipinski definition) is 4. The summed E-state index contributed by atoms with van der Waals surface area (Å²) in [6.07, 6.45) is 1.31. The highest BCUT2D eigenvalue weighted by molar-refractivity contribution is 8.00. The number of rotatable bonds is 6. The van der Waals surface area contributed by atoms with Gasteiger partial charge in [-0.05, 0) is 24.8 Å². The molecular formula is C14H24N2S2. The molecule has 2 heterocycles. The molecular weight excluding hydrogens is 260 g/mol. The molecule has 1 aromatic heterocycles. The van der Waals surface area contributed by atoms with E-state index in [0.717, 1.165) is 11.8 Å². The maximum atomic E-state index is 3.63. The predicted molar refractivity (Wildman–Crippen MR) is 83.7 cm³/mol. The first-order valence-electron chi connectivity index (χ1n) is 6.90. The summed E-state index contributed by atoms with van der Waals surface area (Å²) >= 11 is 3.99. The molecule has 2 atom stereocenters. The number of thioether (sulfide) groups is 1. The molecule has 0 aromatic carbocycles. The second-order valence-corrected chi connectivity index (χ2v) is 7.28. The van der Waals surface area contributed by atoms with Crippen molar-refractivity contribution in [3.63, 3.8) is 0 Å². The smallest absolute Gasteiger partial charge is 0.0386 e. The largest absolute Gasteiger partial charge is 0.308 e. The van der Waals surface area contributed by atoms with E-state index in [4.69, 9.17) is 0 Å². The predicted octanol–water partition coefficient (Wildman–Crippen LogP) is 3.23. The van der Waals surface area contributed by atoms with Gasteiger partial charge in [-0.3, -0.25) is 0 Å². The van der Waals surface area contributed by atoms with Gasteiger partial charge in [0.2, 0.25) is 0 Å². The van der Waals surface area contributed by atoms with Gasteiger partial charge in [0.15, 0.2) is 0 Å². The van der Waals surface area contributed by atoms with Gasteiger partial charge in [0.05, 0.1) is 0 Å². The fourth-order valence-corrected chi connectivity index (χ4v) is 4.32. The van der Waals surface area contributed by atoms with E-state index < -0.39 is 0 Å². The lowest BCUT2D eigenvalue weighted by Gasteiger charge is -2.32. The molecule has 1 aliphatic heterocycles. The average molecular weight is 284 g/mol. The van der Waals surface area contributed by atoms with Crippen LogP contribution in [0.4, 0.5) is 0 Å². The van der Waals surface area contributed by atoms with Crippen molar-refractivity contribution in [2.24, 2.45) is 0 Å². The zero-order chi connectivity index (χ0) is 12.8. The highest BCUT2D eigenvalue weighted by Gasteiger charge is 2.18. The molecule has 102 valence electrons. The maximum absolute atomic E-state index is 3.63. The van der Waals surface area contributed by atoms with Crippen molar-refractivity contribution in [3.8, 4) is 0 Å². The van der Waals surface area contributed by atoms with Crippen molar-refractivity contribution in [1.29, 1.82) is 0 Å². The van der Waals surface area contributed by atoms with Gasteiger partial charge in [-0.25, -0.2) is 0 Å². The van der Waals surface area contributed by atoms with E-state index >= 15 is 0 Å². The molecule has 2 rings (SSSR count). The van der Waals surface area contributed by atoms with E-state index in [-0.39, 0.29) is 0 Å². The number of thiophene rings is 1. The van der Waals surface area contributed by atoms with Gasteiger partial charge in [0.1, 0.15) is 0 Å². The fourth-order valence-electron chi connectivity index (χ4n) is 2.31. The van der Waals surface area contributed by atoms with Crippen LogP contribution in [-0.2, 0) is 0 Å². The van der Waals surface area contributed by atoms with Gasteiger partial charge in [0, 0.05) is 48.1 Å². The standard InChI is InChI=1S/C14H24N2S2/c1-3-13-11-16(8-10-17-13)7-6-15-12(2)14-5-4-9-18-14/h4-5,9,12-13,15H,3,6-8,10-11H2,1-2H3. The summed E-state index contributed by atoms with van der Waals surface area (Å²) in [6, 6.07) is 4.84. The third kappa shape index (κ3) is 4.26. The quantitative estimate of drug-likeness (QED) is 0.863. The van der Waals surface area contributed by atoms with E-state index in [1.165, 1.54) is 36.7 Å².